The third kappa shape index (κ3) is 3.15. The number of nitrogens with one attached hydrogen (secondary N) is 1. The van der Waals surface area contributed by atoms with Crippen molar-refractivity contribution in [3.05, 3.63) is 11.3 Å². The quantitative estimate of drug-likeness (QED) is 0.826. The van der Waals surface area contributed by atoms with Gasteiger partial charge in [-0.05, 0) is 6.92 Å². The highest BCUT2D eigenvalue weighted by molar-refractivity contribution is 7.89. The molecular weight excluding hydrogens is 306 g/mol. The molecule has 0 radical (unpaired) electrons. The van der Waals surface area contributed by atoms with E-state index in [2.05, 4.69) is 9.82 Å². The van der Waals surface area contributed by atoms with E-state index in [1.54, 1.807) is 7.05 Å². The van der Waals surface area contributed by atoms with E-state index in [-0.39, 0.29) is 16.6 Å². The molecule has 0 saturated carbocycles. The molecule has 9 heteroatoms. The van der Waals surface area contributed by atoms with E-state index in [1.807, 2.05) is 6.92 Å². The second-order valence-corrected chi connectivity index (χ2v) is 6.76. The Morgan fingerprint density at radius 2 is 2.40 bits per heavy atom. The Bertz CT molecular complexity index is 566. The van der Waals surface area contributed by atoms with Gasteiger partial charge < -0.3 is 9.47 Å². The summed E-state index contributed by atoms with van der Waals surface area (Å²) in [5.41, 5.74) is -0.601. The number of nitrogens with zero attached hydrogens (tertiary/aromatic N) is 2. The number of rotatable bonds is 6. The Balaban J connectivity index is 2.11. The van der Waals surface area contributed by atoms with Gasteiger partial charge in [0.25, 0.3) is 0 Å². The highest BCUT2D eigenvalue weighted by Crippen LogP contribution is 2.24. The van der Waals surface area contributed by atoms with Crippen LogP contribution in [0, 0.1) is 0 Å². The van der Waals surface area contributed by atoms with Gasteiger partial charge in [0, 0.05) is 33.2 Å². The first-order chi connectivity index (χ1) is 9.40. The highest BCUT2D eigenvalue weighted by atomic mass is 35.5. The summed E-state index contributed by atoms with van der Waals surface area (Å²) in [4.78, 5) is -0.0350. The molecule has 1 aliphatic heterocycles. The molecule has 1 aromatic heterocycles. The van der Waals surface area contributed by atoms with Crippen LogP contribution in [0.15, 0.2) is 11.1 Å². The minimum atomic E-state index is -3.71. The Labute approximate surface area is 123 Å². The lowest BCUT2D eigenvalue weighted by atomic mass is 10.0. The summed E-state index contributed by atoms with van der Waals surface area (Å²) in [7, 11) is -2.14. The second kappa shape index (κ2) is 5.98. The largest absolute Gasteiger partial charge is 0.378 e. The van der Waals surface area contributed by atoms with E-state index < -0.39 is 15.6 Å². The number of hydrogen-bond acceptors (Lipinski definition) is 5. The summed E-state index contributed by atoms with van der Waals surface area (Å²) in [5, 5.41) is 3.90. The van der Waals surface area contributed by atoms with Gasteiger partial charge in [-0.2, -0.15) is 5.10 Å². The molecule has 20 heavy (non-hydrogen) atoms. The van der Waals surface area contributed by atoms with Gasteiger partial charge in [-0.3, -0.25) is 4.68 Å². The van der Waals surface area contributed by atoms with Gasteiger partial charge in [-0.15, -0.1) is 0 Å². The standard InChI is InChI=1S/C11H18ClN3O4S/c1-3-19-11(4-5-18-8-11)7-14-20(16,17)9-6-13-15(2)10(9)12/h6,14H,3-5,7-8H2,1-2H3. The first-order valence-corrected chi connectivity index (χ1v) is 8.15. The Morgan fingerprint density at radius 1 is 1.65 bits per heavy atom. The molecule has 1 fully saturated rings. The van der Waals surface area contributed by atoms with E-state index in [9.17, 15) is 8.42 Å². The van der Waals surface area contributed by atoms with Crippen LogP contribution in [0.5, 0.6) is 0 Å². The van der Waals surface area contributed by atoms with Crippen molar-refractivity contribution in [2.45, 2.75) is 23.8 Å². The molecule has 0 aliphatic carbocycles. The number of halogens is 1. The van der Waals surface area contributed by atoms with Crippen LogP contribution in [0.4, 0.5) is 0 Å². The van der Waals surface area contributed by atoms with E-state index >= 15 is 0 Å². The minimum Gasteiger partial charge on any atom is -0.378 e. The van der Waals surface area contributed by atoms with E-state index in [1.165, 1.54) is 10.9 Å². The van der Waals surface area contributed by atoms with Crippen LogP contribution in [-0.4, -0.2) is 50.2 Å². The molecule has 2 rings (SSSR count). The molecule has 1 unspecified atom stereocenters. The number of aromatic nitrogens is 2. The number of hydrogen-bond donors (Lipinski definition) is 1. The van der Waals surface area contributed by atoms with E-state index in [0.717, 1.165) is 0 Å². The van der Waals surface area contributed by atoms with Crippen LogP contribution in [-0.2, 0) is 26.5 Å². The molecule has 0 amide bonds. The molecule has 2 heterocycles. The monoisotopic (exact) mass is 323 g/mol. The molecule has 0 bridgehead atoms. The Kier molecular flexibility index (Phi) is 4.70. The first kappa shape index (κ1) is 15.7. The van der Waals surface area contributed by atoms with Crippen LogP contribution in [0.1, 0.15) is 13.3 Å². The molecular formula is C11H18ClN3O4S. The summed E-state index contributed by atoms with van der Waals surface area (Å²) < 4.78 is 39.2. The predicted octanol–water partition coefficient (Wildman–Crippen LogP) is 0.547. The molecule has 1 N–H and O–H groups in total. The lowest BCUT2D eigenvalue weighted by Gasteiger charge is -2.27. The minimum absolute atomic E-state index is 0.0350. The lowest BCUT2D eigenvalue weighted by molar-refractivity contribution is -0.0387. The second-order valence-electron chi connectivity index (χ2n) is 4.67. The smallest absolute Gasteiger partial charge is 0.245 e. The molecule has 1 aliphatic rings. The zero-order valence-electron chi connectivity index (χ0n) is 11.4. The average Bonchev–Trinajstić information content (AvgIpc) is 2.98. The normalized spacial score (nSPS) is 23.4. The molecule has 1 aromatic rings. The van der Waals surface area contributed by atoms with Crippen LogP contribution in [0.3, 0.4) is 0 Å². The van der Waals surface area contributed by atoms with Crippen molar-refractivity contribution < 1.29 is 17.9 Å². The SMILES string of the molecule is CCOC1(CNS(=O)(=O)c2cnn(C)c2Cl)CCOC1. The zero-order valence-corrected chi connectivity index (χ0v) is 13.0. The van der Waals surface area contributed by atoms with Gasteiger partial charge in [0.2, 0.25) is 10.0 Å². The third-order valence-electron chi connectivity index (χ3n) is 3.23. The van der Waals surface area contributed by atoms with Crippen molar-refractivity contribution in [1.29, 1.82) is 0 Å². The van der Waals surface area contributed by atoms with Crippen molar-refractivity contribution >= 4 is 21.6 Å². The number of aryl methyl sites for hydroxylation is 1. The van der Waals surface area contributed by atoms with Crippen LogP contribution >= 0.6 is 11.6 Å². The van der Waals surface area contributed by atoms with E-state index in [0.29, 0.717) is 26.2 Å². The van der Waals surface area contributed by atoms with Crippen molar-refractivity contribution in [3.8, 4) is 0 Å². The van der Waals surface area contributed by atoms with Gasteiger partial charge in [-0.25, -0.2) is 13.1 Å². The molecule has 0 spiro atoms. The van der Waals surface area contributed by atoms with E-state index in [4.69, 9.17) is 21.1 Å². The molecule has 1 atom stereocenters. The number of ether oxygens (including phenoxy) is 2. The lowest BCUT2D eigenvalue weighted by Crippen LogP contribution is -2.45. The first-order valence-electron chi connectivity index (χ1n) is 6.29. The maximum atomic E-state index is 12.2. The average molecular weight is 324 g/mol. The molecule has 0 aromatic carbocycles. The fourth-order valence-electron chi connectivity index (χ4n) is 2.09. The van der Waals surface area contributed by atoms with Crippen molar-refractivity contribution in [2.24, 2.45) is 7.05 Å². The van der Waals surface area contributed by atoms with Crippen LogP contribution in [0.2, 0.25) is 5.15 Å². The third-order valence-corrected chi connectivity index (χ3v) is 5.19. The maximum absolute atomic E-state index is 12.2. The maximum Gasteiger partial charge on any atom is 0.245 e. The predicted molar refractivity (Wildman–Crippen MR) is 73.2 cm³/mol. The summed E-state index contributed by atoms with van der Waals surface area (Å²) in [6.07, 6.45) is 1.88. The van der Waals surface area contributed by atoms with Gasteiger partial charge in [0.1, 0.15) is 15.6 Å². The summed E-state index contributed by atoms with van der Waals surface area (Å²) in [5.74, 6) is 0. The Morgan fingerprint density at radius 3 is 2.90 bits per heavy atom. The fourth-order valence-corrected chi connectivity index (χ4v) is 3.63. The number of sulfonamides is 1. The summed E-state index contributed by atoms with van der Waals surface area (Å²) >= 11 is 5.91. The van der Waals surface area contributed by atoms with Gasteiger partial charge >= 0.3 is 0 Å². The van der Waals surface area contributed by atoms with Crippen LogP contribution < -0.4 is 4.72 Å². The zero-order chi connectivity index (χ0) is 14.8. The molecule has 1 saturated heterocycles. The van der Waals surface area contributed by atoms with Crippen molar-refractivity contribution in [2.75, 3.05) is 26.4 Å². The van der Waals surface area contributed by atoms with Gasteiger partial charge in [0.05, 0.1) is 12.8 Å². The van der Waals surface area contributed by atoms with Crippen molar-refractivity contribution in [1.82, 2.24) is 14.5 Å². The molecule has 114 valence electrons. The fraction of sp³-hybridized carbons (Fsp3) is 0.727. The van der Waals surface area contributed by atoms with Crippen LogP contribution in [0.25, 0.3) is 0 Å². The topological polar surface area (TPSA) is 82.5 Å². The highest BCUT2D eigenvalue weighted by Gasteiger charge is 2.37. The molecule has 7 nitrogen and oxygen atoms in total. The Hall–Kier alpha value is -0.670. The summed E-state index contributed by atoms with van der Waals surface area (Å²) in [6.45, 7) is 3.46. The van der Waals surface area contributed by atoms with Gasteiger partial charge in [-0.1, -0.05) is 11.6 Å². The summed E-state index contributed by atoms with van der Waals surface area (Å²) in [6, 6.07) is 0. The van der Waals surface area contributed by atoms with Gasteiger partial charge in [0.15, 0.2) is 0 Å². The van der Waals surface area contributed by atoms with Crippen molar-refractivity contribution in [3.63, 3.8) is 0 Å².